The number of nitrogens with zero attached hydrogens (tertiary/aromatic N) is 4. The van der Waals surface area contributed by atoms with Crippen molar-refractivity contribution < 1.29 is 0 Å². The number of aromatic nitrogens is 4. The average molecular weight is 298 g/mol. The van der Waals surface area contributed by atoms with Crippen LogP contribution in [-0.2, 0) is 0 Å². The predicted octanol–water partition coefficient (Wildman–Crippen LogP) is 3.20. The Morgan fingerprint density at radius 2 is 2.05 bits per heavy atom. The van der Waals surface area contributed by atoms with Crippen molar-refractivity contribution in [1.82, 2.24) is 19.9 Å². The SMILES string of the molecule is Nc1nc(-c2ccnc(Cl)c2)nc2cncc(C3CC3)c12. The quantitative estimate of drug-likeness (QED) is 0.735. The number of pyridine rings is 2. The minimum absolute atomic E-state index is 0.402. The normalized spacial score (nSPS) is 14.5. The lowest BCUT2D eigenvalue weighted by molar-refractivity contribution is 1.10. The molecule has 0 spiro atoms. The lowest BCUT2D eigenvalue weighted by Crippen LogP contribution is -2.01. The van der Waals surface area contributed by atoms with Crippen LogP contribution in [0, 0.1) is 0 Å². The highest BCUT2D eigenvalue weighted by Gasteiger charge is 2.27. The van der Waals surface area contributed by atoms with Crippen LogP contribution in [0.3, 0.4) is 0 Å². The fourth-order valence-corrected chi connectivity index (χ4v) is 2.69. The number of nitrogens with two attached hydrogens (primary N) is 1. The Balaban J connectivity index is 1.93. The van der Waals surface area contributed by atoms with Gasteiger partial charge in [0, 0.05) is 23.3 Å². The molecule has 6 heteroatoms. The Bertz CT molecular complexity index is 845. The molecule has 3 heterocycles. The van der Waals surface area contributed by atoms with Crippen LogP contribution in [-0.4, -0.2) is 19.9 Å². The van der Waals surface area contributed by atoms with Gasteiger partial charge in [0.05, 0.1) is 11.7 Å². The number of anilines is 1. The molecule has 1 aliphatic rings. The molecule has 0 amide bonds. The number of nitrogen functional groups attached to an aromatic ring is 1. The maximum absolute atomic E-state index is 6.17. The molecule has 0 aromatic carbocycles. The van der Waals surface area contributed by atoms with E-state index in [-0.39, 0.29) is 0 Å². The maximum atomic E-state index is 6.17. The van der Waals surface area contributed by atoms with E-state index in [0.717, 1.165) is 22.0 Å². The Hall–Kier alpha value is -2.27. The zero-order chi connectivity index (χ0) is 14.4. The maximum Gasteiger partial charge on any atom is 0.162 e. The molecular weight excluding hydrogens is 286 g/mol. The molecule has 0 radical (unpaired) electrons. The van der Waals surface area contributed by atoms with Crippen molar-refractivity contribution in [3.8, 4) is 11.4 Å². The summed E-state index contributed by atoms with van der Waals surface area (Å²) in [5, 5.41) is 1.33. The van der Waals surface area contributed by atoms with E-state index < -0.39 is 0 Å². The molecule has 104 valence electrons. The molecular formula is C15H12ClN5. The van der Waals surface area contributed by atoms with Crippen molar-refractivity contribution in [3.05, 3.63) is 41.4 Å². The fraction of sp³-hybridized carbons (Fsp3) is 0.200. The first kappa shape index (κ1) is 12.5. The van der Waals surface area contributed by atoms with Crippen LogP contribution in [0.1, 0.15) is 24.3 Å². The van der Waals surface area contributed by atoms with Gasteiger partial charge in [-0.1, -0.05) is 11.6 Å². The predicted molar refractivity (Wildman–Crippen MR) is 82.0 cm³/mol. The van der Waals surface area contributed by atoms with Gasteiger partial charge < -0.3 is 5.73 Å². The van der Waals surface area contributed by atoms with Crippen LogP contribution in [0.15, 0.2) is 30.7 Å². The zero-order valence-corrected chi connectivity index (χ0v) is 11.9. The van der Waals surface area contributed by atoms with Crippen LogP contribution in [0.2, 0.25) is 5.15 Å². The van der Waals surface area contributed by atoms with E-state index in [0.29, 0.717) is 22.7 Å². The Morgan fingerprint density at radius 1 is 1.19 bits per heavy atom. The summed E-state index contributed by atoms with van der Waals surface area (Å²) in [5.41, 5.74) is 8.89. The lowest BCUT2D eigenvalue weighted by Gasteiger charge is -2.09. The first-order chi connectivity index (χ1) is 10.2. The van der Waals surface area contributed by atoms with Crippen LogP contribution < -0.4 is 5.73 Å². The van der Waals surface area contributed by atoms with Crippen molar-refractivity contribution >= 4 is 28.3 Å². The van der Waals surface area contributed by atoms with Gasteiger partial charge in [-0.15, -0.1) is 0 Å². The molecule has 2 N–H and O–H groups in total. The second-order valence-corrected chi connectivity index (χ2v) is 5.58. The van der Waals surface area contributed by atoms with E-state index in [1.165, 1.54) is 12.8 Å². The van der Waals surface area contributed by atoms with Crippen molar-refractivity contribution in [3.63, 3.8) is 0 Å². The highest BCUT2D eigenvalue weighted by atomic mass is 35.5. The Kier molecular flexibility index (Phi) is 2.75. The molecule has 0 aliphatic heterocycles. The summed E-state index contributed by atoms with van der Waals surface area (Å²) in [6, 6.07) is 3.53. The molecule has 3 aromatic rings. The number of halogens is 1. The average Bonchev–Trinajstić information content (AvgIpc) is 3.31. The van der Waals surface area contributed by atoms with Crippen molar-refractivity contribution in [1.29, 1.82) is 0 Å². The minimum atomic E-state index is 0.402. The summed E-state index contributed by atoms with van der Waals surface area (Å²) in [7, 11) is 0. The molecule has 4 rings (SSSR count). The van der Waals surface area contributed by atoms with Gasteiger partial charge >= 0.3 is 0 Å². The molecule has 3 aromatic heterocycles. The Labute approximate surface area is 126 Å². The zero-order valence-electron chi connectivity index (χ0n) is 11.1. The first-order valence-corrected chi connectivity index (χ1v) is 7.13. The summed E-state index contributed by atoms with van der Waals surface area (Å²) in [5.74, 6) is 1.58. The molecule has 0 saturated heterocycles. The van der Waals surface area contributed by atoms with Gasteiger partial charge in [0.15, 0.2) is 5.82 Å². The number of hydrogen-bond acceptors (Lipinski definition) is 5. The molecule has 1 fully saturated rings. The third-order valence-electron chi connectivity index (χ3n) is 3.67. The summed E-state index contributed by atoms with van der Waals surface area (Å²) in [4.78, 5) is 17.3. The number of fused-ring (bicyclic) bond motifs is 1. The molecule has 1 aliphatic carbocycles. The van der Waals surface area contributed by atoms with Gasteiger partial charge in [0.25, 0.3) is 0 Å². The second-order valence-electron chi connectivity index (χ2n) is 5.20. The molecule has 21 heavy (non-hydrogen) atoms. The van der Waals surface area contributed by atoms with Gasteiger partial charge in [-0.3, -0.25) is 4.98 Å². The van der Waals surface area contributed by atoms with Gasteiger partial charge in [0.2, 0.25) is 0 Å². The molecule has 1 saturated carbocycles. The van der Waals surface area contributed by atoms with E-state index in [1.54, 1.807) is 18.5 Å². The highest BCUT2D eigenvalue weighted by molar-refractivity contribution is 6.29. The fourth-order valence-electron chi connectivity index (χ4n) is 2.51. The second kappa shape index (κ2) is 4.63. The van der Waals surface area contributed by atoms with E-state index in [2.05, 4.69) is 19.9 Å². The van der Waals surface area contributed by atoms with E-state index in [4.69, 9.17) is 17.3 Å². The first-order valence-electron chi connectivity index (χ1n) is 6.75. The molecule has 0 unspecified atom stereocenters. The van der Waals surface area contributed by atoms with E-state index >= 15 is 0 Å². The topological polar surface area (TPSA) is 77.6 Å². The van der Waals surface area contributed by atoms with E-state index in [9.17, 15) is 0 Å². The number of hydrogen-bond donors (Lipinski definition) is 1. The molecule has 0 atom stereocenters. The van der Waals surface area contributed by atoms with Crippen molar-refractivity contribution in [2.45, 2.75) is 18.8 Å². The third kappa shape index (κ3) is 2.19. The smallest absolute Gasteiger partial charge is 0.162 e. The van der Waals surface area contributed by atoms with Gasteiger partial charge in [0.1, 0.15) is 11.0 Å². The monoisotopic (exact) mass is 297 g/mol. The third-order valence-corrected chi connectivity index (χ3v) is 3.87. The van der Waals surface area contributed by atoms with Crippen molar-refractivity contribution in [2.75, 3.05) is 5.73 Å². The van der Waals surface area contributed by atoms with Gasteiger partial charge in [-0.25, -0.2) is 15.0 Å². The minimum Gasteiger partial charge on any atom is -0.383 e. The van der Waals surface area contributed by atoms with Crippen LogP contribution in [0.25, 0.3) is 22.3 Å². The number of rotatable bonds is 2. The summed E-state index contributed by atoms with van der Waals surface area (Å²) >= 11 is 5.92. The molecule has 0 bridgehead atoms. The molecule has 5 nitrogen and oxygen atoms in total. The van der Waals surface area contributed by atoms with Crippen LogP contribution in [0.5, 0.6) is 0 Å². The van der Waals surface area contributed by atoms with Crippen LogP contribution in [0.4, 0.5) is 5.82 Å². The van der Waals surface area contributed by atoms with Crippen LogP contribution >= 0.6 is 11.6 Å². The van der Waals surface area contributed by atoms with E-state index in [1.807, 2.05) is 12.3 Å². The largest absolute Gasteiger partial charge is 0.383 e. The highest BCUT2D eigenvalue weighted by Crippen LogP contribution is 2.43. The van der Waals surface area contributed by atoms with Crippen molar-refractivity contribution in [2.24, 2.45) is 0 Å². The standard InChI is InChI=1S/C15H12ClN5/c16-12-5-9(3-4-19-12)15-20-11-7-18-6-10(8-1-2-8)13(11)14(17)21-15/h3-8H,1-2H2,(H2,17,20,21). The van der Waals surface area contributed by atoms with Gasteiger partial charge in [-0.2, -0.15) is 0 Å². The lowest BCUT2D eigenvalue weighted by atomic mass is 10.1. The summed E-state index contributed by atoms with van der Waals surface area (Å²) < 4.78 is 0. The Morgan fingerprint density at radius 3 is 2.81 bits per heavy atom. The summed E-state index contributed by atoms with van der Waals surface area (Å²) in [6.07, 6.45) is 7.60. The summed E-state index contributed by atoms with van der Waals surface area (Å²) in [6.45, 7) is 0. The van der Waals surface area contributed by atoms with Gasteiger partial charge in [-0.05, 0) is 36.5 Å².